The number of nitrogens with one attached hydrogen (secondary N) is 1. The van der Waals surface area contributed by atoms with Crippen molar-refractivity contribution in [3.8, 4) is 17.2 Å². The topological polar surface area (TPSA) is 82.8 Å². The predicted octanol–water partition coefficient (Wildman–Crippen LogP) is 4.62. The molecule has 0 radical (unpaired) electrons. The van der Waals surface area contributed by atoms with Crippen LogP contribution in [0.25, 0.3) is 0 Å². The first-order chi connectivity index (χ1) is 12.8. The van der Waals surface area contributed by atoms with Gasteiger partial charge in [0.15, 0.2) is 11.5 Å². The van der Waals surface area contributed by atoms with E-state index in [2.05, 4.69) is 19.2 Å². The molecule has 0 bridgehead atoms. The molecule has 0 heterocycles. The molecule has 2 rings (SSSR count). The standard InChI is InChI=1S/C20H25ClN2O4/c1-12(2)7-8-27-19-15(21)9-13(10-18(19)26-4)20(24)23-17-11-14(25-3)5-6-16(17)22/h5-6,9-12H,7-8,22H2,1-4H3,(H,23,24). The number of ether oxygens (including phenoxy) is 3. The lowest BCUT2D eigenvalue weighted by atomic mass is 10.1. The van der Waals surface area contributed by atoms with Gasteiger partial charge in [0.1, 0.15) is 5.75 Å². The fraction of sp³-hybridized carbons (Fsp3) is 0.350. The molecule has 0 atom stereocenters. The molecule has 0 aromatic heterocycles. The van der Waals surface area contributed by atoms with Crippen LogP contribution in [0.1, 0.15) is 30.6 Å². The smallest absolute Gasteiger partial charge is 0.255 e. The molecule has 27 heavy (non-hydrogen) atoms. The number of benzene rings is 2. The molecule has 3 N–H and O–H groups in total. The van der Waals surface area contributed by atoms with E-state index in [1.807, 2.05) is 0 Å². The third kappa shape index (κ3) is 5.44. The monoisotopic (exact) mass is 392 g/mol. The number of carbonyl (C=O) groups is 1. The van der Waals surface area contributed by atoms with Crippen LogP contribution in [0.3, 0.4) is 0 Å². The maximum absolute atomic E-state index is 12.6. The van der Waals surface area contributed by atoms with Crippen LogP contribution in [-0.2, 0) is 0 Å². The summed E-state index contributed by atoms with van der Waals surface area (Å²) in [6.07, 6.45) is 0.886. The molecule has 7 heteroatoms. The van der Waals surface area contributed by atoms with Crippen molar-refractivity contribution >= 4 is 28.9 Å². The number of hydrogen-bond acceptors (Lipinski definition) is 5. The molecule has 0 aliphatic rings. The summed E-state index contributed by atoms with van der Waals surface area (Å²) in [4.78, 5) is 12.6. The van der Waals surface area contributed by atoms with E-state index in [0.29, 0.717) is 51.7 Å². The number of rotatable bonds is 8. The van der Waals surface area contributed by atoms with E-state index >= 15 is 0 Å². The lowest BCUT2D eigenvalue weighted by Gasteiger charge is -2.15. The van der Waals surface area contributed by atoms with Crippen LogP contribution in [0.5, 0.6) is 17.2 Å². The molecule has 0 spiro atoms. The van der Waals surface area contributed by atoms with Gasteiger partial charge in [-0.25, -0.2) is 0 Å². The molecule has 2 aromatic carbocycles. The third-order valence-corrected chi connectivity index (χ3v) is 4.22. The minimum absolute atomic E-state index is 0.307. The van der Waals surface area contributed by atoms with E-state index in [-0.39, 0.29) is 5.91 Å². The average Bonchev–Trinajstić information content (AvgIpc) is 2.64. The summed E-state index contributed by atoms with van der Waals surface area (Å²) in [5.41, 5.74) is 7.13. The van der Waals surface area contributed by atoms with Gasteiger partial charge in [0.25, 0.3) is 5.91 Å². The van der Waals surface area contributed by atoms with Gasteiger partial charge in [0.05, 0.1) is 37.2 Å². The Morgan fingerprint density at radius 3 is 2.56 bits per heavy atom. The van der Waals surface area contributed by atoms with Crippen LogP contribution in [0, 0.1) is 5.92 Å². The van der Waals surface area contributed by atoms with Crippen molar-refractivity contribution in [2.24, 2.45) is 5.92 Å². The highest BCUT2D eigenvalue weighted by Crippen LogP contribution is 2.37. The second kappa shape index (κ2) is 9.37. The molecular weight excluding hydrogens is 368 g/mol. The number of anilines is 2. The lowest BCUT2D eigenvalue weighted by Crippen LogP contribution is -2.14. The van der Waals surface area contributed by atoms with Gasteiger partial charge in [-0.2, -0.15) is 0 Å². The van der Waals surface area contributed by atoms with Gasteiger partial charge in [-0.05, 0) is 36.6 Å². The highest BCUT2D eigenvalue weighted by molar-refractivity contribution is 6.32. The van der Waals surface area contributed by atoms with Crippen molar-refractivity contribution in [3.63, 3.8) is 0 Å². The fourth-order valence-corrected chi connectivity index (χ4v) is 2.62. The van der Waals surface area contributed by atoms with Crippen LogP contribution in [0.4, 0.5) is 11.4 Å². The molecule has 0 saturated heterocycles. The van der Waals surface area contributed by atoms with Gasteiger partial charge in [0, 0.05) is 11.6 Å². The molecule has 1 amide bonds. The minimum Gasteiger partial charge on any atom is -0.497 e. The van der Waals surface area contributed by atoms with Crippen molar-refractivity contribution < 1.29 is 19.0 Å². The highest BCUT2D eigenvalue weighted by atomic mass is 35.5. The molecule has 0 fully saturated rings. The number of nitrogens with two attached hydrogens (primary N) is 1. The molecular formula is C20H25ClN2O4. The Balaban J connectivity index is 2.23. The van der Waals surface area contributed by atoms with E-state index in [1.165, 1.54) is 7.11 Å². The summed E-state index contributed by atoms with van der Waals surface area (Å²) in [7, 11) is 3.04. The van der Waals surface area contributed by atoms with E-state index in [9.17, 15) is 4.79 Å². The third-order valence-electron chi connectivity index (χ3n) is 3.94. The molecule has 0 aliphatic heterocycles. The van der Waals surface area contributed by atoms with Crippen LogP contribution in [0.15, 0.2) is 30.3 Å². The Morgan fingerprint density at radius 1 is 1.19 bits per heavy atom. The van der Waals surface area contributed by atoms with Crippen molar-refractivity contribution in [1.29, 1.82) is 0 Å². The van der Waals surface area contributed by atoms with E-state index in [1.54, 1.807) is 37.4 Å². The van der Waals surface area contributed by atoms with Crippen LogP contribution >= 0.6 is 11.6 Å². The summed E-state index contributed by atoms with van der Waals surface area (Å²) < 4.78 is 16.3. The van der Waals surface area contributed by atoms with Gasteiger partial charge in [0.2, 0.25) is 0 Å². The molecule has 0 saturated carbocycles. The maximum atomic E-state index is 12.6. The average molecular weight is 393 g/mol. The minimum atomic E-state index is -0.371. The number of nitrogen functional groups attached to an aromatic ring is 1. The first kappa shape index (κ1) is 20.7. The van der Waals surface area contributed by atoms with E-state index in [4.69, 9.17) is 31.5 Å². The number of hydrogen-bond donors (Lipinski definition) is 2. The molecule has 146 valence electrons. The summed E-state index contributed by atoms with van der Waals surface area (Å²) in [6, 6.07) is 8.15. The quantitative estimate of drug-likeness (QED) is 0.640. The van der Waals surface area contributed by atoms with Gasteiger partial charge in [-0.1, -0.05) is 25.4 Å². The Bertz CT molecular complexity index is 809. The van der Waals surface area contributed by atoms with Gasteiger partial charge < -0.3 is 25.3 Å². The largest absolute Gasteiger partial charge is 0.497 e. The number of methoxy groups -OCH3 is 2. The number of carbonyl (C=O) groups excluding carboxylic acids is 1. The Hall–Kier alpha value is -2.60. The van der Waals surface area contributed by atoms with Crippen molar-refractivity contribution in [2.75, 3.05) is 31.9 Å². The summed E-state index contributed by atoms with van der Waals surface area (Å²) >= 11 is 6.32. The summed E-state index contributed by atoms with van der Waals surface area (Å²) in [5.74, 6) is 1.55. The van der Waals surface area contributed by atoms with Crippen LogP contribution < -0.4 is 25.3 Å². The summed E-state index contributed by atoms with van der Waals surface area (Å²) in [6.45, 7) is 4.74. The van der Waals surface area contributed by atoms with Crippen molar-refractivity contribution in [2.45, 2.75) is 20.3 Å². The lowest BCUT2D eigenvalue weighted by molar-refractivity contribution is 0.102. The van der Waals surface area contributed by atoms with Gasteiger partial charge >= 0.3 is 0 Å². The fourth-order valence-electron chi connectivity index (χ4n) is 2.35. The zero-order valence-corrected chi connectivity index (χ0v) is 16.7. The second-order valence-corrected chi connectivity index (χ2v) is 6.83. The zero-order valence-electron chi connectivity index (χ0n) is 16.0. The van der Waals surface area contributed by atoms with Crippen molar-refractivity contribution in [3.05, 3.63) is 40.9 Å². The molecule has 6 nitrogen and oxygen atoms in total. The molecule has 0 unspecified atom stereocenters. The SMILES string of the molecule is COc1ccc(N)c(NC(=O)c2cc(Cl)c(OCCC(C)C)c(OC)c2)c1. The predicted molar refractivity (Wildman–Crippen MR) is 108 cm³/mol. The normalized spacial score (nSPS) is 10.6. The van der Waals surface area contributed by atoms with E-state index < -0.39 is 0 Å². The van der Waals surface area contributed by atoms with Crippen LogP contribution in [0.2, 0.25) is 5.02 Å². The molecule has 2 aromatic rings. The first-order valence-electron chi connectivity index (χ1n) is 8.61. The highest BCUT2D eigenvalue weighted by Gasteiger charge is 2.17. The Morgan fingerprint density at radius 2 is 1.93 bits per heavy atom. The maximum Gasteiger partial charge on any atom is 0.255 e. The number of halogens is 1. The Kier molecular flexibility index (Phi) is 7.19. The van der Waals surface area contributed by atoms with E-state index in [0.717, 1.165) is 6.42 Å². The van der Waals surface area contributed by atoms with Gasteiger partial charge in [-0.3, -0.25) is 4.79 Å². The van der Waals surface area contributed by atoms with Crippen LogP contribution in [-0.4, -0.2) is 26.7 Å². The second-order valence-electron chi connectivity index (χ2n) is 6.43. The summed E-state index contributed by atoms with van der Waals surface area (Å²) in [5, 5.41) is 3.07. The molecule has 0 aliphatic carbocycles. The zero-order chi connectivity index (χ0) is 20.0. The van der Waals surface area contributed by atoms with Crippen molar-refractivity contribution in [1.82, 2.24) is 0 Å². The first-order valence-corrected chi connectivity index (χ1v) is 8.98. The Labute approximate surface area is 164 Å². The number of amides is 1. The van der Waals surface area contributed by atoms with Gasteiger partial charge in [-0.15, -0.1) is 0 Å².